The largest absolute Gasteiger partial charge is 0.440 e. The number of hydrogen-bond donors (Lipinski definition) is 2. The zero-order valence-corrected chi connectivity index (χ0v) is 14.1. The van der Waals surface area contributed by atoms with E-state index in [9.17, 15) is 9.59 Å². The molecular formula is C18H23N3O3. The van der Waals surface area contributed by atoms with Crippen molar-refractivity contribution in [1.82, 2.24) is 10.3 Å². The maximum Gasteiger partial charge on any atom is 0.243 e. The lowest BCUT2D eigenvalue weighted by Gasteiger charge is -2.10. The monoisotopic (exact) mass is 329 g/mol. The van der Waals surface area contributed by atoms with Gasteiger partial charge in [-0.3, -0.25) is 9.59 Å². The summed E-state index contributed by atoms with van der Waals surface area (Å²) >= 11 is 0. The summed E-state index contributed by atoms with van der Waals surface area (Å²) in [7, 11) is 0. The minimum absolute atomic E-state index is 0.0105. The molecule has 0 bridgehead atoms. The van der Waals surface area contributed by atoms with Crippen LogP contribution >= 0.6 is 0 Å². The Balaban J connectivity index is 1.57. The molecule has 1 heterocycles. The van der Waals surface area contributed by atoms with Crippen LogP contribution in [0.5, 0.6) is 0 Å². The molecule has 6 heteroatoms. The summed E-state index contributed by atoms with van der Waals surface area (Å²) in [5.41, 5.74) is 2.06. The minimum atomic E-state index is -0.242. The van der Waals surface area contributed by atoms with Crippen molar-refractivity contribution in [2.75, 3.05) is 11.9 Å². The quantitative estimate of drug-likeness (QED) is 0.882. The Labute approximate surface area is 141 Å². The molecule has 1 fully saturated rings. The van der Waals surface area contributed by atoms with Crippen molar-refractivity contribution >= 4 is 28.6 Å². The van der Waals surface area contributed by atoms with Crippen molar-refractivity contribution in [3.8, 4) is 0 Å². The Morgan fingerprint density at radius 1 is 1.29 bits per heavy atom. The number of benzene rings is 1. The molecule has 0 radical (unpaired) electrons. The molecule has 2 amide bonds. The summed E-state index contributed by atoms with van der Waals surface area (Å²) in [6.07, 6.45) is 4.05. The van der Waals surface area contributed by atoms with Crippen LogP contribution in [0.4, 0.5) is 5.69 Å². The van der Waals surface area contributed by atoms with E-state index in [1.54, 1.807) is 18.2 Å². The van der Waals surface area contributed by atoms with Gasteiger partial charge in [-0.2, -0.15) is 0 Å². The molecule has 24 heavy (non-hydrogen) atoms. The van der Waals surface area contributed by atoms with Crippen molar-refractivity contribution in [1.29, 1.82) is 0 Å². The molecular weight excluding hydrogens is 306 g/mol. The molecule has 0 unspecified atom stereocenters. The number of amides is 2. The van der Waals surface area contributed by atoms with Crippen molar-refractivity contribution in [3.63, 3.8) is 0 Å². The van der Waals surface area contributed by atoms with Gasteiger partial charge in [0.05, 0.1) is 6.54 Å². The second-order valence-electron chi connectivity index (χ2n) is 6.64. The van der Waals surface area contributed by atoms with E-state index < -0.39 is 0 Å². The van der Waals surface area contributed by atoms with E-state index in [0.29, 0.717) is 22.7 Å². The Morgan fingerprint density at radius 2 is 2.04 bits per heavy atom. The minimum Gasteiger partial charge on any atom is -0.440 e. The third-order valence-electron chi connectivity index (χ3n) is 4.33. The van der Waals surface area contributed by atoms with E-state index in [-0.39, 0.29) is 30.2 Å². The Morgan fingerprint density at radius 3 is 2.75 bits per heavy atom. The highest BCUT2D eigenvalue weighted by atomic mass is 16.3. The first-order chi connectivity index (χ1) is 11.5. The summed E-state index contributed by atoms with van der Waals surface area (Å²) in [6, 6.07) is 5.34. The van der Waals surface area contributed by atoms with Crippen LogP contribution in [0.25, 0.3) is 11.1 Å². The number of hydrogen-bond acceptors (Lipinski definition) is 4. The maximum atomic E-state index is 12.0. The SMILES string of the molecule is CC(C)c1nc2cc(NC(=O)CNC(=O)C3CCCC3)ccc2o1. The van der Waals surface area contributed by atoms with E-state index in [4.69, 9.17) is 4.42 Å². The molecule has 1 aliphatic rings. The number of carbonyl (C=O) groups is 2. The normalized spacial score (nSPS) is 15.1. The van der Waals surface area contributed by atoms with Gasteiger partial charge in [-0.05, 0) is 31.0 Å². The molecule has 1 aliphatic carbocycles. The van der Waals surface area contributed by atoms with Crippen LogP contribution in [-0.4, -0.2) is 23.3 Å². The number of aromatic nitrogens is 1. The van der Waals surface area contributed by atoms with Crippen LogP contribution < -0.4 is 10.6 Å². The molecule has 0 spiro atoms. The highest BCUT2D eigenvalue weighted by Gasteiger charge is 2.22. The molecule has 1 saturated carbocycles. The number of nitrogens with zero attached hydrogens (tertiary/aromatic N) is 1. The van der Waals surface area contributed by atoms with Gasteiger partial charge in [0.15, 0.2) is 11.5 Å². The standard InChI is InChI=1S/C18H23N3O3/c1-11(2)18-21-14-9-13(7-8-15(14)24-18)20-16(22)10-19-17(23)12-5-3-4-6-12/h7-9,11-12H,3-6,10H2,1-2H3,(H,19,23)(H,20,22). The van der Waals surface area contributed by atoms with Crippen molar-refractivity contribution in [3.05, 3.63) is 24.1 Å². The lowest BCUT2D eigenvalue weighted by atomic mass is 10.1. The second-order valence-corrected chi connectivity index (χ2v) is 6.64. The average Bonchev–Trinajstić information content (AvgIpc) is 3.21. The number of oxazole rings is 1. The van der Waals surface area contributed by atoms with Crippen molar-refractivity contribution in [2.24, 2.45) is 5.92 Å². The number of fused-ring (bicyclic) bond motifs is 1. The first kappa shape index (κ1) is 16.5. The topological polar surface area (TPSA) is 84.2 Å². The van der Waals surface area contributed by atoms with E-state index in [0.717, 1.165) is 25.7 Å². The van der Waals surface area contributed by atoms with E-state index >= 15 is 0 Å². The summed E-state index contributed by atoms with van der Waals surface area (Å²) < 4.78 is 5.64. The number of nitrogens with one attached hydrogen (secondary N) is 2. The summed E-state index contributed by atoms with van der Waals surface area (Å²) in [4.78, 5) is 28.4. The predicted molar refractivity (Wildman–Crippen MR) is 91.7 cm³/mol. The van der Waals surface area contributed by atoms with Gasteiger partial charge in [-0.25, -0.2) is 4.98 Å². The van der Waals surface area contributed by atoms with Crippen LogP contribution in [0.1, 0.15) is 51.3 Å². The first-order valence-electron chi connectivity index (χ1n) is 8.51. The molecule has 6 nitrogen and oxygen atoms in total. The zero-order valence-electron chi connectivity index (χ0n) is 14.1. The highest BCUT2D eigenvalue weighted by molar-refractivity contribution is 5.96. The average molecular weight is 329 g/mol. The van der Waals surface area contributed by atoms with Crippen molar-refractivity contribution in [2.45, 2.75) is 45.4 Å². The Hall–Kier alpha value is -2.37. The molecule has 1 aromatic heterocycles. The maximum absolute atomic E-state index is 12.0. The van der Waals surface area contributed by atoms with Gasteiger partial charge < -0.3 is 15.1 Å². The second kappa shape index (κ2) is 7.03. The molecule has 0 atom stereocenters. The van der Waals surface area contributed by atoms with Gasteiger partial charge in [0.25, 0.3) is 0 Å². The van der Waals surface area contributed by atoms with Gasteiger partial charge in [0.1, 0.15) is 5.52 Å². The smallest absolute Gasteiger partial charge is 0.243 e. The van der Waals surface area contributed by atoms with Gasteiger partial charge in [0, 0.05) is 17.5 Å². The molecule has 0 aliphatic heterocycles. The lowest BCUT2D eigenvalue weighted by molar-refractivity contribution is -0.127. The van der Waals surface area contributed by atoms with Crippen LogP contribution in [0.3, 0.4) is 0 Å². The predicted octanol–water partition coefficient (Wildman–Crippen LogP) is 3.20. The Bertz CT molecular complexity index is 745. The third-order valence-corrected chi connectivity index (χ3v) is 4.33. The number of rotatable bonds is 5. The summed E-state index contributed by atoms with van der Waals surface area (Å²) in [5.74, 6) is 0.696. The van der Waals surface area contributed by atoms with Crippen LogP contribution in [-0.2, 0) is 9.59 Å². The number of carbonyl (C=O) groups excluding carboxylic acids is 2. The van der Waals surface area contributed by atoms with E-state index in [1.807, 2.05) is 13.8 Å². The molecule has 0 saturated heterocycles. The molecule has 3 rings (SSSR count). The van der Waals surface area contributed by atoms with Crippen LogP contribution in [0, 0.1) is 5.92 Å². The molecule has 2 N–H and O–H groups in total. The fourth-order valence-electron chi connectivity index (χ4n) is 2.97. The van der Waals surface area contributed by atoms with E-state index in [2.05, 4.69) is 15.6 Å². The molecule has 128 valence electrons. The van der Waals surface area contributed by atoms with Crippen molar-refractivity contribution < 1.29 is 14.0 Å². The van der Waals surface area contributed by atoms with Crippen LogP contribution in [0.2, 0.25) is 0 Å². The fourth-order valence-corrected chi connectivity index (χ4v) is 2.97. The van der Waals surface area contributed by atoms with Crippen LogP contribution in [0.15, 0.2) is 22.6 Å². The summed E-state index contributed by atoms with van der Waals surface area (Å²) in [6.45, 7) is 4.02. The molecule has 1 aromatic carbocycles. The fraction of sp³-hybridized carbons (Fsp3) is 0.500. The van der Waals surface area contributed by atoms with Gasteiger partial charge in [-0.1, -0.05) is 26.7 Å². The third kappa shape index (κ3) is 3.75. The van der Waals surface area contributed by atoms with Gasteiger partial charge in [0.2, 0.25) is 11.8 Å². The summed E-state index contributed by atoms with van der Waals surface area (Å²) in [5, 5.41) is 5.50. The highest BCUT2D eigenvalue weighted by Crippen LogP contribution is 2.25. The Kier molecular flexibility index (Phi) is 4.83. The number of anilines is 1. The van der Waals surface area contributed by atoms with Gasteiger partial charge in [-0.15, -0.1) is 0 Å². The zero-order chi connectivity index (χ0) is 17.1. The first-order valence-corrected chi connectivity index (χ1v) is 8.51. The molecule has 2 aromatic rings. The lowest BCUT2D eigenvalue weighted by Crippen LogP contribution is -2.36. The van der Waals surface area contributed by atoms with Gasteiger partial charge >= 0.3 is 0 Å². The van der Waals surface area contributed by atoms with E-state index in [1.165, 1.54) is 0 Å².